The molecule has 0 saturated heterocycles. The third kappa shape index (κ3) is 2.31. The smallest absolute Gasteiger partial charge is 0.261 e. The molecule has 4 rings (SSSR count). The summed E-state index contributed by atoms with van der Waals surface area (Å²) in [7, 11) is 0. The highest BCUT2D eigenvalue weighted by molar-refractivity contribution is 5.86. The number of allylic oxidation sites excluding steroid dienone is 1. The van der Waals surface area contributed by atoms with Crippen molar-refractivity contribution in [3.05, 3.63) is 69.3 Å². The summed E-state index contributed by atoms with van der Waals surface area (Å²) in [6, 6.07) is 11.7. The second kappa shape index (κ2) is 5.34. The molecule has 1 aliphatic heterocycles. The Balaban J connectivity index is 1.93. The molecule has 0 radical (unpaired) electrons. The Hall–Kier alpha value is -2.88. The van der Waals surface area contributed by atoms with E-state index in [4.69, 9.17) is 10.7 Å². The van der Waals surface area contributed by atoms with Gasteiger partial charge in [0.15, 0.2) is 0 Å². The zero-order valence-corrected chi connectivity index (χ0v) is 13.8. The highest BCUT2D eigenvalue weighted by Crippen LogP contribution is 2.28. The van der Waals surface area contributed by atoms with Crippen LogP contribution in [0.1, 0.15) is 28.9 Å². The fourth-order valence-electron chi connectivity index (χ4n) is 3.27. The molecule has 0 amide bonds. The maximum atomic E-state index is 12.7. The van der Waals surface area contributed by atoms with Gasteiger partial charge in [-0.1, -0.05) is 23.8 Å². The van der Waals surface area contributed by atoms with Crippen LogP contribution in [0.25, 0.3) is 22.6 Å². The molecule has 120 valence electrons. The van der Waals surface area contributed by atoms with E-state index in [2.05, 4.69) is 38.1 Å². The molecule has 4 heteroatoms. The molecule has 1 aliphatic rings. The average Bonchev–Trinajstić information content (AvgIpc) is 2.94. The van der Waals surface area contributed by atoms with Crippen molar-refractivity contribution in [1.29, 1.82) is 0 Å². The molecule has 24 heavy (non-hydrogen) atoms. The van der Waals surface area contributed by atoms with Gasteiger partial charge in [0.2, 0.25) is 0 Å². The van der Waals surface area contributed by atoms with Crippen molar-refractivity contribution in [2.75, 3.05) is 5.73 Å². The molecular weight excluding hydrogens is 298 g/mol. The summed E-state index contributed by atoms with van der Waals surface area (Å²) in [4.78, 5) is 17.4. The number of hydrogen-bond donors (Lipinski definition) is 1. The number of nitrogens with zero attached hydrogens (tertiary/aromatic N) is 2. The minimum atomic E-state index is 0.0133. The van der Waals surface area contributed by atoms with Crippen molar-refractivity contribution >= 4 is 28.2 Å². The Morgan fingerprint density at radius 1 is 1.17 bits per heavy atom. The monoisotopic (exact) mass is 317 g/mol. The Morgan fingerprint density at radius 3 is 2.83 bits per heavy atom. The summed E-state index contributed by atoms with van der Waals surface area (Å²) in [6.45, 7) is 4.86. The van der Waals surface area contributed by atoms with Crippen molar-refractivity contribution in [2.24, 2.45) is 0 Å². The van der Waals surface area contributed by atoms with Crippen LogP contribution in [0.3, 0.4) is 0 Å². The average molecular weight is 317 g/mol. The third-order valence-electron chi connectivity index (χ3n) is 4.64. The number of benzene rings is 2. The Kier molecular flexibility index (Phi) is 3.27. The molecule has 4 nitrogen and oxygen atoms in total. The quantitative estimate of drug-likeness (QED) is 0.698. The number of aromatic nitrogens is 2. The van der Waals surface area contributed by atoms with Crippen LogP contribution in [0.2, 0.25) is 0 Å². The van der Waals surface area contributed by atoms with E-state index in [1.807, 2.05) is 0 Å². The van der Waals surface area contributed by atoms with Crippen molar-refractivity contribution in [3.8, 4) is 0 Å². The number of nitrogen functional groups attached to an aromatic ring is 1. The van der Waals surface area contributed by atoms with Crippen molar-refractivity contribution < 1.29 is 0 Å². The zero-order valence-electron chi connectivity index (χ0n) is 13.8. The van der Waals surface area contributed by atoms with Gasteiger partial charge in [-0.25, -0.2) is 4.98 Å². The molecule has 2 heterocycles. The Bertz CT molecular complexity index is 1060. The summed E-state index contributed by atoms with van der Waals surface area (Å²) in [5.74, 6) is 0.763. The van der Waals surface area contributed by atoms with Crippen LogP contribution in [0.4, 0.5) is 5.69 Å². The van der Waals surface area contributed by atoms with E-state index >= 15 is 0 Å². The SMILES string of the molecule is Cc1ccc(C)c(C=C2CCn3c2nc2cc(N)ccc2c3=O)c1. The maximum Gasteiger partial charge on any atom is 0.261 e. The van der Waals surface area contributed by atoms with Crippen LogP contribution >= 0.6 is 0 Å². The third-order valence-corrected chi connectivity index (χ3v) is 4.64. The molecule has 2 aromatic carbocycles. The van der Waals surface area contributed by atoms with E-state index in [1.54, 1.807) is 22.8 Å². The lowest BCUT2D eigenvalue weighted by molar-refractivity contribution is 0.725. The van der Waals surface area contributed by atoms with Crippen LogP contribution in [0.15, 0.2) is 41.2 Å². The first-order chi connectivity index (χ1) is 11.5. The molecule has 0 aliphatic carbocycles. The summed E-state index contributed by atoms with van der Waals surface area (Å²) < 4.78 is 1.77. The molecular formula is C20H19N3O. The Morgan fingerprint density at radius 2 is 2.00 bits per heavy atom. The van der Waals surface area contributed by atoms with Gasteiger partial charge in [0.05, 0.1) is 10.9 Å². The van der Waals surface area contributed by atoms with E-state index < -0.39 is 0 Å². The molecule has 2 N–H and O–H groups in total. The van der Waals surface area contributed by atoms with Gasteiger partial charge >= 0.3 is 0 Å². The van der Waals surface area contributed by atoms with E-state index in [9.17, 15) is 4.79 Å². The minimum Gasteiger partial charge on any atom is -0.399 e. The first-order valence-corrected chi connectivity index (χ1v) is 8.11. The second-order valence-corrected chi connectivity index (χ2v) is 6.45. The fourth-order valence-corrected chi connectivity index (χ4v) is 3.27. The van der Waals surface area contributed by atoms with Gasteiger partial charge in [0.1, 0.15) is 5.82 Å². The number of rotatable bonds is 1. The van der Waals surface area contributed by atoms with Crippen LogP contribution in [0, 0.1) is 13.8 Å². The van der Waals surface area contributed by atoms with Crippen molar-refractivity contribution in [2.45, 2.75) is 26.8 Å². The second-order valence-electron chi connectivity index (χ2n) is 6.45. The molecule has 1 aromatic heterocycles. The summed E-state index contributed by atoms with van der Waals surface area (Å²) >= 11 is 0. The predicted octanol–water partition coefficient (Wildman–Crippen LogP) is 3.54. The van der Waals surface area contributed by atoms with Gasteiger partial charge in [0.25, 0.3) is 5.56 Å². The predicted molar refractivity (Wildman–Crippen MR) is 98.8 cm³/mol. The van der Waals surface area contributed by atoms with Gasteiger partial charge in [-0.3, -0.25) is 9.36 Å². The molecule has 0 atom stereocenters. The lowest BCUT2D eigenvalue weighted by Gasteiger charge is -2.07. The highest BCUT2D eigenvalue weighted by atomic mass is 16.1. The van der Waals surface area contributed by atoms with E-state index in [0.29, 0.717) is 23.1 Å². The lowest BCUT2D eigenvalue weighted by Crippen LogP contribution is -2.20. The largest absolute Gasteiger partial charge is 0.399 e. The first kappa shape index (κ1) is 14.7. The number of anilines is 1. The highest BCUT2D eigenvalue weighted by Gasteiger charge is 2.21. The molecule has 0 bridgehead atoms. The van der Waals surface area contributed by atoms with Gasteiger partial charge in [0, 0.05) is 12.2 Å². The van der Waals surface area contributed by atoms with Gasteiger partial charge in [-0.05, 0) is 61.2 Å². The minimum absolute atomic E-state index is 0.0133. The molecule has 0 saturated carbocycles. The van der Waals surface area contributed by atoms with Crippen LogP contribution in [-0.4, -0.2) is 9.55 Å². The number of hydrogen-bond acceptors (Lipinski definition) is 3. The van der Waals surface area contributed by atoms with Crippen LogP contribution < -0.4 is 11.3 Å². The molecule has 0 unspecified atom stereocenters. The van der Waals surface area contributed by atoms with E-state index in [1.165, 1.54) is 16.7 Å². The van der Waals surface area contributed by atoms with Crippen LogP contribution in [0.5, 0.6) is 0 Å². The summed E-state index contributed by atoms with van der Waals surface area (Å²) in [5.41, 5.74) is 11.9. The number of aryl methyl sites for hydroxylation is 2. The summed E-state index contributed by atoms with van der Waals surface area (Å²) in [5, 5.41) is 0.626. The van der Waals surface area contributed by atoms with Gasteiger partial charge in [-0.15, -0.1) is 0 Å². The standard InChI is InChI=1S/C20H19N3O/c1-12-3-4-13(2)15(9-12)10-14-7-8-23-19(14)22-18-11-16(21)5-6-17(18)20(23)24/h3-6,9-11H,7-8,21H2,1-2H3. The van der Waals surface area contributed by atoms with Crippen molar-refractivity contribution in [1.82, 2.24) is 9.55 Å². The Labute approximate surface area is 140 Å². The van der Waals surface area contributed by atoms with E-state index in [-0.39, 0.29) is 5.56 Å². The zero-order chi connectivity index (χ0) is 16.8. The fraction of sp³-hybridized carbons (Fsp3) is 0.200. The number of fused-ring (bicyclic) bond motifs is 2. The topological polar surface area (TPSA) is 60.9 Å². The molecule has 0 spiro atoms. The van der Waals surface area contributed by atoms with Gasteiger partial charge < -0.3 is 5.73 Å². The summed E-state index contributed by atoms with van der Waals surface area (Å²) in [6.07, 6.45) is 2.98. The molecule has 3 aromatic rings. The van der Waals surface area contributed by atoms with Gasteiger partial charge in [-0.2, -0.15) is 0 Å². The molecule has 0 fully saturated rings. The van der Waals surface area contributed by atoms with Crippen LogP contribution in [-0.2, 0) is 6.54 Å². The van der Waals surface area contributed by atoms with E-state index in [0.717, 1.165) is 17.8 Å². The normalized spacial score (nSPS) is 15.2. The first-order valence-electron chi connectivity index (χ1n) is 8.11. The maximum absolute atomic E-state index is 12.7. The lowest BCUT2D eigenvalue weighted by atomic mass is 10.0. The van der Waals surface area contributed by atoms with Crippen molar-refractivity contribution in [3.63, 3.8) is 0 Å². The number of nitrogens with two attached hydrogens (primary N) is 1.